The molecule has 2 nitrogen and oxygen atoms in total. The van der Waals surface area contributed by atoms with E-state index in [2.05, 4.69) is 30.0 Å². The molecule has 1 aromatic carbocycles. The van der Waals surface area contributed by atoms with Crippen LogP contribution in [0.2, 0.25) is 0 Å². The molecule has 0 unspecified atom stereocenters. The fourth-order valence-electron chi connectivity index (χ4n) is 2.36. The zero-order chi connectivity index (χ0) is 11.9. The smallest absolute Gasteiger partial charge is 0.122 e. The standard InChI is InChI=1S/C15H23NO.ClH/c1-14-8-4-5-9-15(14)17-13-12-16-10-6-2-3-7-11-16;/h4-5,8-9H,2-3,6-7,10-13H2,1H3;1H. The minimum atomic E-state index is 0. The monoisotopic (exact) mass is 269 g/mol. The predicted octanol–water partition coefficient (Wildman–Crippen LogP) is 3.67. The van der Waals surface area contributed by atoms with Crippen molar-refractivity contribution in [1.29, 1.82) is 0 Å². The maximum absolute atomic E-state index is 5.84. The van der Waals surface area contributed by atoms with Crippen molar-refractivity contribution < 1.29 is 4.74 Å². The number of hydrogen-bond donors (Lipinski definition) is 0. The lowest BCUT2D eigenvalue weighted by Gasteiger charge is -2.20. The molecule has 0 spiro atoms. The second-order valence-corrected chi connectivity index (χ2v) is 4.87. The second-order valence-electron chi connectivity index (χ2n) is 4.87. The molecular weight excluding hydrogens is 246 g/mol. The molecule has 3 heteroatoms. The summed E-state index contributed by atoms with van der Waals surface area (Å²) in [6.45, 7) is 6.47. The molecule has 0 aliphatic carbocycles. The van der Waals surface area contributed by atoms with Gasteiger partial charge in [-0.2, -0.15) is 0 Å². The van der Waals surface area contributed by atoms with E-state index < -0.39 is 0 Å². The molecule has 0 atom stereocenters. The normalized spacial score (nSPS) is 16.7. The summed E-state index contributed by atoms with van der Waals surface area (Å²) in [4.78, 5) is 2.53. The van der Waals surface area contributed by atoms with Crippen LogP contribution in [0.1, 0.15) is 31.2 Å². The van der Waals surface area contributed by atoms with Gasteiger partial charge in [-0.1, -0.05) is 31.0 Å². The third kappa shape index (κ3) is 4.87. The molecule has 18 heavy (non-hydrogen) atoms. The Labute approximate surface area is 117 Å². The lowest BCUT2D eigenvalue weighted by molar-refractivity contribution is 0.213. The summed E-state index contributed by atoms with van der Waals surface area (Å²) < 4.78 is 5.84. The molecule has 0 N–H and O–H groups in total. The molecule has 1 aliphatic rings. The van der Waals surface area contributed by atoms with Crippen molar-refractivity contribution in [1.82, 2.24) is 4.90 Å². The minimum absolute atomic E-state index is 0. The van der Waals surface area contributed by atoms with Crippen LogP contribution in [-0.4, -0.2) is 31.1 Å². The molecule has 0 amide bonds. The molecule has 2 rings (SSSR count). The van der Waals surface area contributed by atoms with Crippen molar-refractivity contribution in [2.75, 3.05) is 26.2 Å². The summed E-state index contributed by atoms with van der Waals surface area (Å²) in [5, 5.41) is 0. The van der Waals surface area contributed by atoms with Gasteiger partial charge < -0.3 is 4.74 Å². The van der Waals surface area contributed by atoms with Gasteiger partial charge >= 0.3 is 0 Å². The highest BCUT2D eigenvalue weighted by Gasteiger charge is 2.08. The van der Waals surface area contributed by atoms with Gasteiger partial charge in [0.2, 0.25) is 0 Å². The number of hydrogen-bond acceptors (Lipinski definition) is 2. The Balaban J connectivity index is 0.00000162. The summed E-state index contributed by atoms with van der Waals surface area (Å²) in [6, 6.07) is 8.24. The number of aryl methyl sites for hydroxylation is 1. The second kappa shape index (κ2) is 8.39. The summed E-state index contributed by atoms with van der Waals surface area (Å²) >= 11 is 0. The zero-order valence-electron chi connectivity index (χ0n) is 11.2. The summed E-state index contributed by atoms with van der Waals surface area (Å²) in [7, 11) is 0. The van der Waals surface area contributed by atoms with Crippen LogP contribution in [0.3, 0.4) is 0 Å². The first-order valence-electron chi connectivity index (χ1n) is 6.77. The van der Waals surface area contributed by atoms with Gasteiger partial charge in [-0.25, -0.2) is 0 Å². The number of halogens is 1. The van der Waals surface area contributed by atoms with Crippen molar-refractivity contribution in [2.45, 2.75) is 32.6 Å². The number of ether oxygens (including phenoxy) is 1. The van der Waals surface area contributed by atoms with Gasteiger partial charge in [-0.05, 0) is 44.5 Å². The number of rotatable bonds is 4. The van der Waals surface area contributed by atoms with Crippen molar-refractivity contribution in [3.05, 3.63) is 29.8 Å². The van der Waals surface area contributed by atoms with Gasteiger partial charge in [0.25, 0.3) is 0 Å². The van der Waals surface area contributed by atoms with E-state index in [4.69, 9.17) is 4.74 Å². The topological polar surface area (TPSA) is 12.5 Å². The minimum Gasteiger partial charge on any atom is -0.492 e. The van der Waals surface area contributed by atoms with E-state index in [1.807, 2.05) is 6.07 Å². The van der Waals surface area contributed by atoms with E-state index in [9.17, 15) is 0 Å². The van der Waals surface area contributed by atoms with E-state index in [0.29, 0.717) is 0 Å². The van der Waals surface area contributed by atoms with Crippen molar-refractivity contribution in [3.63, 3.8) is 0 Å². The van der Waals surface area contributed by atoms with Gasteiger partial charge in [-0.3, -0.25) is 4.90 Å². The van der Waals surface area contributed by atoms with Crippen LogP contribution in [0, 0.1) is 6.92 Å². The highest BCUT2D eigenvalue weighted by molar-refractivity contribution is 5.85. The first-order chi connectivity index (χ1) is 8.36. The molecule has 1 fully saturated rings. The highest BCUT2D eigenvalue weighted by atomic mass is 35.5. The molecule has 1 aliphatic heterocycles. The van der Waals surface area contributed by atoms with Crippen LogP contribution in [0.25, 0.3) is 0 Å². The Bertz CT molecular complexity index is 335. The predicted molar refractivity (Wildman–Crippen MR) is 78.8 cm³/mol. The highest BCUT2D eigenvalue weighted by Crippen LogP contribution is 2.16. The summed E-state index contributed by atoms with van der Waals surface area (Å²) in [6.07, 6.45) is 5.50. The molecule has 0 radical (unpaired) electrons. The summed E-state index contributed by atoms with van der Waals surface area (Å²) in [5.74, 6) is 1.03. The van der Waals surface area contributed by atoms with Crippen LogP contribution >= 0.6 is 12.4 Å². The number of benzene rings is 1. The summed E-state index contributed by atoms with van der Waals surface area (Å²) in [5.41, 5.74) is 1.23. The van der Waals surface area contributed by atoms with Crippen LogP contribution < -0.4 is 4.74 Å². The van der Waals surface area contributed by atoms with Gasteiger partial charge in [0.05, 0.1) is 0 Å². The third-order valence-corrected chi connectivity index (χ3v) is 3.46. The van der Waals surface area contributed by atoms with E-state index in [1.54, 1.807) is 0 Å². The Hall–Kier alpha value is -0.730. The van der Waals surface area contributed by atoms with Crippen molar-refractivity contribution in [2.24, 2.45) is 0 Å². The van der Waals surface area contributed by atoms with Crippen LogP contribution in [0.5, 0.6) is 5.75 Å². The molecule has 1 aromatic rings. The number of nitrogens with zero attached hydrogens (tertiary/aromatic N) is 1. The Morgan fingerprint density at radius 1 is 1.06 bits per heavy atom. The Morgan fingerprint density at radius 3 is 2.39 bits per heavy atom. The molecule has 1 saturated heterocycles. The zero-order valence-corrected chi connectivity index (χ0v) is 12.0. The fraction of sp³-hybridized carbons (Fsp3) is 0.600. The third-order valence-electron chi connectivity index (χ3n) is 3.46. The number of para-hydroxylation sites is 1. The van der Waals surface area contributed by atoms with Crippen LogP contribution in [0.15, 0.2) is 24.3 Å². The molecule has 102 valence electrons. The van der Waals surface area contributed by atoms with Crippen LogP contribution in [0.4, 0.5) is 0 Å². The molecular formula is C15H24ClNO. The maximum Gasteiger partial charge on any atom is 0.122 e. The first kappa shape index (κ1) is 15.3. The first-order valence-corrected chi connectivity index (χ1v) is 6.77. The van der Waals surface area contributed by atoms with E-state index >= 15 is 0 Å². The van der Waals surface area contributed by atoms with E-state index in [0.717, 1.165) is 18.9 Å². The average Bonchev–Trinajstić information content (AvgIpc) is 2.60. The SMILES string of the molecule is Cc1ccccc1OCCN1CCCCCC1.Cl. The Kier molecular flexibility index (Phi) is 7.14. The largest absolute Gasteiger partial charge is 0.492 e. The van der Waals surface area contributed by atoms with E-state index in [-0.39, 0.29) is 12.4 Å². The maximum atomic E-state index is 5.84. The molecule has 0 bridgehead atoms. The quantitative estimate of drug-likeness (QED) is 0.827. The van der Waals surface area contributed by atoms with Gasteiger partial charge in [0, 0.05) is 6.54 Å². The Morgan fingerprint density at radius 2 is 1.72 bits per heavy atom. The van der Waals surface area contributed by atoms with Gasteiger partial charge in [0.15, 0.2) is 0 Å². The fourth-order valence-corrected chi connectivity index (χ4v) is 2.36. The van der Waals surface area contributed by atoms with Crippen LogP contribution in [-0.2, 0) is 0 Å². The van der Waals surface area contributed by atoms with Gasteiger partial charge in [0.1, 0.15) is 12.4 Å². The average molecular weight is 270 g/mol. The van der Waals surface area contributed by atoms with Crippen molar-refractivity contribution >= 4 is 12.4 Å². The lowest BCUT2D eigenvalue weighted by atomic mass is 10.2. The van der Waals surface area contributed by atoms with Crippen molar-refractivity contribution in [3.8, 4) is 5.75 Å². The molecule has 1 heterocycles. The molecule has 0 aromatic heterocycles. The lowest BCUT2D eigenvalue weighted by Crippen LogP contribution is -2.29. The number of likely N-dealkylation sites (tertiary alicyclic amines) is 1. The van der Waals surface area contributed by atoms with Gasteiger partial charge in [-0.15, -0.1) is 12.4 Å². The molecule has 0 saturated carbocycles. The van der Waals surface area contributed by atoms with E-state index in [1.165, 1.54) is 44.3 Å².